The van der Waals surface area contributed by atoms with Gasteiger partial charge < -0.3 is 5.32 Å². The van der Waals surface area contributed by atoms with E-state index in [0.29, 0.717) is 0 Å². The molecule has 1 aliphatic heterocycles. The van der Waals surface area contributed by atoms with Gasteiger partial charge in [0.05, 0.1) is 0 Å². The molecule has 2 nitrogen and oxygen atoms in total. The average molecular weight is 178 g/mol. The molecule has 68 valence electrons. The summed E-state index contributed by atoms with van der Waals surface area (Å²) in [6.45, 7) is 1.84. The normalized spacial score (nSPS) is 16.8. The molecule has 0 unspecified atom stereocenters. The Morgan fingerprint density at radius 3 is 3.08 bits per heavy atom. The van der Waals surface area contributed by atoms with E-state index in [9.17, 15) is 4.39 Å². The zero-order valence-electron chi connectivity index (χ0n) is 7.26. The molecule has 3 heteroatoms. The highest BCUT2D eigenvalue weighted by Crippen LogP contribution is 2.18. The smallest absolute Gasteiger partial charge is 0.213 e. The highest BCUT2D eigenvalue weighted by atomic mass is 19.1. The fraction of sp³-hybridized carbons (Fsp3) is 0.300. The Kier molecular flexibility index (Phi) is 2.36. The van der Waals surface area contributed by atoms with E-state index in [2.05, 4.69) is 16.4 Å². The molecule has 2 heterocycles. The Hall–Kier alpha value is -1.22. The number of hydrogen-bond acceptors (Lipinski definition) is 2. The highest BCUT2D eigenvalue weighted by Gasteiger charge is 2.05. The lowest BCUT2D eigenvalue weighted by Crippen LogP contribution is -2.20. The van der Waals surface area contributed by atoms with Crippen LogP contribution in [0.5, 0.6) is 0 Å². The monoisotopic (exact) mass is 178 g/mol. The summed E-state index contributed by atoms with van der Waals surface area (Å²) in [4.78, 5) is 3.53. The molecular formula is C10H11FN2. The quantitative estimate of drug-likeness (QED) is 0.661. The van der Waals surface area contributed by atoms with E-state index in [4.69, 9.17) is 0 Å². The van der Waals surface area contributed by atoms with E-state index in [-0.39, 0.29) is 0 Å². The Balaban J connectivity index is 2.29. The van der Waals surface area contributed by atoms with Gasteiger partial charge in [0, 0.05) is 18.8 Å². The minimum Gasteiger partial charge on any atom is -0.313 e. The summed E-state index contributed by atoms with van der Waals surface area (Å²) in [6.07, 6.45) is 4.56. The van der Waals surface area contributed by atoms with E-state index in [1.54, 1.807) is 0 Å². The Morgan fingerprint density at radius 1 is 1.46 bits per heavy atom. The van der Waals surface area contributed by atoms with Gasteiger partial charge in [-0.05, 0) is 30.2 Å². The third-order valence-electron chi connectivity index (χ3n) is 2.16. The van der Waals surface area contributed by atoms with Crippen LogP contribution in [0.1, 0.15) is 12.0 Å². The van der Waals surface area contributed by atoms with Gasteiger partial charge >= 0.3 is 0 Å². The summed E-state index contributed by atoms with van der Waals surface area (Å²) in [7, 11) is 0. The largest absolute Gasteiger partial charge is 0.313 e. The lowest BCUT2D eigenvalue weighted by atomic mass is 10.0. The van der Waals surface area contributed by atoms with Crippen molar-refractivity contribution in [2.24, 2.45) is 0 Å². The van der Waals surface area contributed by atoms with E-state index >= 15 is 0 Å². The maximum atomic E-state index is 12.8. The van der Waals surface area contributed by atoms with Crippen molar-refractivity contribution < 1.29 is 4.39 Å². The van der Waals surface area contributed by atoms with Crippen molar-refractivity contribution in [3.8, 4) is 0 Å². The Morgan fingerprint density at radius 2 is 2.38 bits per heavy atom. The van der Waals surface area contributed by atoms with E-state index in [0.717, 1.165) is 25.1 Å². The lowest BCUT2D eigenvalue weighted by Gasteiger charge is -2.13. The number of nitrogens with one attached hydrogen (secondary N) is 1. The van der Waals surface area contributed by atoms with Gasteiger partial charge in [-0.2, -0.15) is 4.39 Å². The molecule has 0 saturated heterocycles. The second kappa shape index (κ2) is 3.66. The zero-order valence-corrected chi connectivity index (χ0v) is 7.26. The molecule has 1 aromatic rings. The number of rotatable bonds is 1. The van der Waals surface area contributed by atoms with Gasteiger partial charge in [0.1, 0.15) is 0 Å². The average Bonchev–Trinajstić information content (AvgIpc) is 2.19. The molecule has 0 aliphatic carbocycles. The first-order valence-electron chi connectivity index (χ1n) is 4.38. The van der Waals surface area contributed by atoms with Crippen molar-refractivity contribution >= 4 is 5.57 Å². The second-order valence-electron chi connectivity index (χ2n) is 3.05. The van der Waals surface area contributed by atoms with Crippen LogP contribution in [0.2, 0.25) is 0 Å². The first-order chi connectivity index (χ1) is 6.36. The van der Waals surface area contributed by atoms with Crippen LogP contribution in [0.4, 0.5) is 4.39 Å². The summed E-state index contributed by atoms with van der Waals surface area (Å²) < 4.78 is 12.8. The molecule has 13 heavy (non-hydrogen) atoms. The SMILES string of the molecule is Fc1cc(C2=CCNCC2)ccn1. The van der Waals surface area contributed by atoms with E-state index in [1.807, 2.05) is 6.07 Å². The molecule has 0 amide bonds. The van der Waals surface area contributed by atoms with Gasteiger partial charge in [0.2, 0.25) is 5.95 Å². The van der Waals surface area contributed by atoms with Crippen LogP contribution in [0.3, 0.4) is 0 Å². The van der Waals surface area contributed by atoms with Crippen LogP contribution in [0, 0.1) is 5.95 Å². The standard InChI is InChI=1S/C10H11FN2/c11-10-7-9(3-6-13-10)8-1-4-12-5-2-8/h1,3,6-7,12H,2,4-5H2. The summed E-state index contributed by atoms with van der Waals surface area (Å²) in [5.74, 6) is -0.406. The molecule has 0 aromatic carbocycles. The number of aromatic nitrogens is 1. The minimum atomic E-state index is -0.406. The number of pyridine rings is 1. The zero-order chi connectivity index (χ0) is 9.10. The molecule has 1 aromatic heterocycles. The lowest BCUT2D eigenvalue weighted by molar-refractivity contribution is 0.583. The predicted octanol–water partition coefficient (Wildman–Crippen LogP) is 1.60. The van der Waals surface area contributed by atoms with Crippen LogP contribution in [-0.4, -0.2) is 18.1 Å². The van der Waals surface area contributed by atoms with E-state index < -0.39 is 5.95 Å². The summed E-state index contributed by atoms with van der Waals surface area (Å²) in [5, 5.41) is 3.21. The van der Waals surface area contributed by atoms with Crippen molar-refractivity contribution in [3.05, 3.63) is 35.9 Å². The van der Waals surface area contributed by atoms with Gasteiger partial charge in [0.25, 0.3) is 0 Å². The molecule has 0 saturated carbocycles. The Labute approximate surface area is 76.5 Å². The van der Waals surface area contributed by atoms with Gasteiger partial charge in [-0.3, -0.25) is 0 Å². The number of halogens is 1. The maximum Gasteiger partial charge on any atom is 0.213 e. The van der Waals surface area contributed by atoms with Crippen LogP contribution in [0.15, 0.2) is 24.4 Å². The van der Waals surface area contributed by atoms with Crippen molar-refractivity contribution in [1.82, 2.24) is 10.3 Å². The number of hydrogen-bond donors (Lipinski definition) is 1. The summed E-state index contributed by atoms with van der Waals surface area (Å²) >= 11 is 0. The first kappa shape index (κ1) is 8.38. The second-order valence-corrected chi connectivity index (χ2v) is 3.05. The molecular weight excluding hydrogens is 167 g/mol. The molecule has 0 radical (unpaired) electrons. The topological polar surface area (TPSA) is 24.9 Å². The molecule has 0 spiro atoms. The Bertz CT molecular complexity index is 333. The van der Waals surface area contributed by atoms with Crippen molar-refractivity contribution in [1.29, 1.82) is 0 Å². The molecule has 0 bridgehead atoms. The van der Waals surface area contributed by atoms with Gasteiger partial charge in [0.15, 0.2) is 0 Å². The van der Waals surface area contributed by atoms with Crippen LogP contribution in [-0.2, 0) is 0 Å². The van der Waals surface area contributed by atoms with Crippen molar-refractivity contribution in [2.45, 2.75) is 6.42 Å². The summed E-state index contributed by atoms with van der Waals surface area (Å²) in [6, 6.07) is 3.33. The van der Waals surface area contributed by atoms with Crippen LogP contribution in [0.25, 0.3) is 5.57 Å². The maximum absolute atomic E-state index is 12.8. The van der Waals surface area contributed by atoms with Gasteiger partial charge in [-0.25, -0.2) is 4.98 Å². The third-order valence-corrected chi connectivity index (χ3v) is 2.16. The van der Waals surface area contributed by atoms with Crippen molar-refractivity contribution in [3.63, 3.8) is 0 Å². The van der Waals surface area contributed by atoms with Gasteiger partial charge in [-0.15, -0.1) is 0 Å². The fourth-order valence-corrected chi connectivity index (χ4v) is 1.49. The molecule has 0 fully saturated rings. The molecule has 0 atom stereocenters. The van der Waals surface area contributed by atoms with E-state index in [1.165, 1.54) is 17.8 Å². The molecule has 2 rings (SSSR count). The predicted molar refractivity (Wildman–Crippen MR) is 49.7 cm³/mol. The van der Waals surface area contributed by atoms with Crippen LogP contribution < -0.4 is 5.32 Å². The minimum absolute atomic E-state index is 0.406. The third kappa shape index (κ3) is 1.92. The first-order valence-corrected chi connectivity index (χ1v) is 4.38. The summed E-state index contributed by atoms with van der Waals surface area (Å²) in [5.41, 5.74) is 2.16. The van der Waals surface area contributed by atoms with Crippen molar-refractivity contribution in [2.75, 3.05) is 13.1 Å². The fourth-order valence-electron chi connectivity index (χ4n) is 1.49. The van der Waals surface area contributed by atoms with Crippen LogP contribution >= 0.6 is 0 Å². The van der Waals surface area contributed by atoms with Gasteiger partial charge in [-0.1, -0.05) is 6.08 Å². The molecule has 1 N–H and O–H groups in total. The molecule has 1 aliphatic rings. The highest BCUT2D eigenvalue weighted by molar-refractivity contribution is 5.66. The number of nitrogens with zero attached hydrogens (tertiary/aromatic N) is 1.